The summed E-state index contributed by atoms with van der Waals surface area (Å²) in [7, 11) is 3.26. The number of hydrogen-bond donors (Lipinski definition) is 1. The second kappa shape index (κ2) is 8.79. The number of aromatic nitrogens is 4. The largest absolute Gasteiger partial charge is 0.497 e. The Morgan fingerprint density at radius 3 is 2.53 bits per heavy atom. The van der Waals surface area contributed by atoms with Gasteiger partial charge in [0, 0.05) is 37.0 Å². The van der Waals surface area contributed by atoms with Crippen LogP contribution in [-0.2, 0) is 6.42 Å². The summed E-state index contributed by atoms with van der Waals surface area (Å²) < 4.78 is 18.1. The Labute approximate surface area is 174 Å². The van der Waals surface area contributed by atoms with E-state index >= 15 is 0 Å². The molecule has 2 N–H and O–H groups in total. The Kier molecular flexibility index (Phi) is 5.76. The van der Waals surface area contributed by atoms with Gasteiger partial charge in [-0.25, -0.2) is 9.50 Å². The van der Waals surface area contributed by atoms with Crippen LogP contribution < -0.4 is 19.9 Å². The topological polar surface area (TPSA) is 96.8 Å². The van der Waals surface area contributed by atoms with Crippen molar-refractivity contribution in [1.29, 1.82) is 0 Å². The lowest BCUT2D eigenvalue weighted by atomic mass is 10.1. The molecule has 0 unspecified atom stereocenters. The van der Waals surface area contributed by atoms with Gasteiger partial charge in [0.25, 0.3) is 0 Å². The fourth-order valence-corrected chi connectivity index (χ4v) is 3.20. The Morgan fingerprint density at radius 2 is 1.80 bits per heavy atom. The van der Waals surface area contributed by atoms with E-state index in [2.05, 4.69) is 10.1 Å². The van der Waals surface area contributed by atoms with Crippen LogP contribution in [0, 0.1) is 0 Å². The molecule has 2 aromatic carbocycles. The van der Waals surface area contributed by atoms with Crippen LogP contribution in [0.2, 0.25) is 0 Å². The first-order chi connectivity index (χ1) is 14.7. The molecule has 0 atom stereocenters. The highest BCUT2D eigenvalue weighted by Gasteiger charge is 2.13. The van der Waals surface area contributed by atoms with E-state index in [4.69, 9.17) is 24.9 Å². The van der Waals surface area contributed by atoms with Crippen LogP contribution >= 0.6 is 0 Å². The number of benzene rings is 2. The number of nitrogens with zero attached hydrogens (tertiary/aromatic N) is 4. The molecule has 8 nitrogen and oxygen atoms in total. The van der Waals surface area contributed by atoms with Crippen LogP contribution in [-0.4, -0.2) is 47.0 Å². The lowest BCUT2D eigenvalue weighted by Gasteiger charge is -2.07. The van der Waals surface area contributed by atoms with Crippen molar-refractivity contribution in [3.63, 3.8) is 0 Å². The molecular weight excluding hydrogens is 382 g/mol. The Bertz CT molecular complexity index is 1140. The first kappa shape index (κ1) is 19.7. The van der Waals surface area contributed by atoms with Gasteiger partial charge in [0.05, 0.1) is 14.2 Å². The molecule has 4 aromatic rings. The fourth-order valence-electron chi connectivity index (χ4n) is 3.20. The van der Waals surface area contributed by atoms with E-state index in [0.717, 1.165) is 34.1 Å². The normalized spacial score (nSPS) is 10.9. The molecule has 0 saturated carbocycles. The van der Waals surface area contributed by atoms with E-state index in [1.807, 2.05) is 42.5 Å². The Balaban J connectivity index is 1.68. The van der Waals surface area contributed by atoms with E-state index in [0.29, 0.717) is 31.0 Å². The minimum Gasteiger partial charge on any atom is -0.497 e. The minimum absolute atomic E-state index is 0.458. The molecule has 0 aliphatic rings. The van der Waals surface area contributed by atoms with Crippen molar-refractivity contribution in [2.45, 2.75) is 6.42 Å². The molecule has 4 rings (SSSR count). The maximum Gasteiger partial charge on any atom is 0.181 e. The fraction of sp³-hybridized carbons (Fsp3) is 0.227. The van der Waals surface area contributed by atoms with Crippen molar-refractivity contribution in [2.75, 3.05) is 27.4 Å². The van der Waals surface area contributed by atoms with Gasteiger partial charge in [-0.15, -0.1) is 0 Å². The monoisotopic (exact) mass is 405 g/mol. The molecule has 8 heteroatoms. The van der Waals surface area contributed by atoms with Gasteiger partial charge in [-0.1, -0.05) is 12.1 Å². The van der Waals surface area contributed by atoms with E-state index in [1.54, 1.807) is 31.1 Å². The van der Waals surface area contributed by atoms with Crippen molar-refractivity contribution < 1.29 is 14.2 Å². The van der Waals surface area contributed by atoms with E-state index in [9.17, 15) is 0 Å². The van der Waals surface area contributed by atoms with Crippen molar-refractivity contribution in [3.8, 4) is 28.5 Å². The third-order valence-electron chi connectivity index (χ3n) is 4.57. The first-order valence-corrected chi connectivity index (χ1v) is 9.55. The molecule has 0 fully saturated rings. The van der Waals surface area contributed by atoms with Gasteiger partial charge in [0.15, 0.2) is 11.5 Å². The molecule has 0 saturated heterocycles. The summed E-state index contributed by atoms with van der Waals surface area (Å²) in [5.74, 6) is 2.87. The molecule has 0 radical (unpaired) electrons. The lowest BCUT2D eigenvalue weighted by Crippen LogP contribution is -2.10. The number of fused-ring (bicyclic) bond motifs is 1. The summed E-state index contributed by atoms with van der Waals surface area (Å²) in [5, 5.41) is 4.61. The third-order valence-corrected chi connectivity index (χ3v) is 4.57. The van der Waals surface area contributed by atoms with Crippen molar-refractivity contribution in [3.05, 3.63) is 66.2 Å². The molecule has 0 aliphatic carbocycles. The molecule has 2 heterocycles. The average molecular weight is 405 g/mol. The number of methoxy groups -OCH3 is 2. The zero-order valence-corrected chi connectivity index (χ0v) is 16.9. The lowest BCUT2D eigenvalue weighted by molar-refractivity contribution is 0.328. The number of rotatable bonds is 8. The average Bonchev–Trinajstić information content (AvgIpc) is 3.19. The van der Waals surface area contributed by atoms with Crippen LogP contribution in [0.25, 0.3) is 16.9 Å². The number of nitrogens with two attached hydrogens (primary N) is 1. The van der Waals surface area contributed by atoms with Gasteiger partial charge in [0.2, 0.25) is 0 Å². The quantitative estimate of drug-likeness (QED) is 0.481. The van der Waals surface area contributed by atoms with Gasteiger partial charge in [-0.3, -0.25) is 4.98 Å². The van der Waals surface area contributed by atoms with E-state index < -0.39 is 0 Å². The highest BCUT2D eigenvalue weighted by atomic mass is 16.5. The summed E-state index contributed by atoms with van der Waals surface area (Å²) in [6, 6.07) is 13.5. The minimum atomic E-state index is 0.458. The molecule has 0 aliphatic heterocycles. The van der Waals surface area contributed by atoms with Gasteiger partial charge < -0.3 is 19.9 Å². The SMILES string of the molecule is COc1cc(Cc2nc3c(-c4cccc(OCCN)c4)nccn3n2)cc(OC)c1. The van der Waals surface area contributed by atoms with Crippen LogP contribution in [0.15, 0.2) is 54.9 Å². The Hall–Kier alpha value is -3.65. The van der Waals surface area contributed by atoms with E-state index in [1.165, 1.54) is 0 Å². The van der Waals surface area contributed by atoms with Crippen LogP contribution in [0.1, 0.15) is 11.4 Å². The summed E-state index contributed by atoms with van der Waals surface area (Å²) in [6.07, 6.45) is 4.04. The number of hydrogen-bond acceptors (Lipinski definition) is 7. The molecule has 0 bridgehead atoms. The second-order valence-electron chi connectivity index (χ2n) is 6.63. The Morgan fingerprint density at radius 1 is 1.00 bits per heavy atom. The van der Waals surface area contributed by atoms with Crippen molar-refractivity contribution in [1.82, 2.24) is 19.6 Å². The number of ether oxygens (including phenoxy) is 3. The maximum absolute atomic E-state index is 5.64. The smallest absolute Gasteiger partial charge is 0.181 e. The standard InChI is InChI=1S/C22H23N5O3/c1-28-18-10-15(11-19(14-18)29-2)12-20-25-22-21(24-7-8-27(22)26-20)16-4-3-5-17(13-16)30-9-6-23/h3-5,7-8,10-11,13-14H,6,9,12,23H2,1-2H3. The van der Waals surface area contributed by atoms with Gasteiger partial charge in [-0.2, -0.15) is 5.10 Å². The molecule has 30 heavy (non-hydrogen) atoms. The zero-order chi connectivity index (χ0) is 20.9. The molecule has 2 aromatic heterocycles. The summed E-state index contributed by atoms with van der Waals surface area (Å²) >= 11 is 0. The van der Waals surface area contributed by atoms with Crippen LogP contribution in [0.4, 0.5) is 0 Å². The highest BCUT2D eigenvalue weighted by molar-refractivity contribution is 5.74. The summed E-state index contributed by atoms with van der Waals surface area (Å²) in [6.45, 7) is 0.917. The maximum atomic E-state index is 5.64. The highest BCUT2D eigenvalue weighted by Crippen LogP contribution is 2.26. The zero-order valence-electron chi connectivity index (χ0n) is 16.9. The van der Waals surface area contributed by atoms with Crippen molar-refractivity contribution >= 4 is 5.65 Å². The van der Waals surface area contributed by atoms with Gasteiger partial charge >= 0.3 is 0 Å². The first-order valence-electron chi connectivity index (χ1n) is 9.55. The van der Waals surface area contributed by atoms with Gasteiger partial charge in [-0.05, 0) is 29.8 Å². The van der Waals surface area contributed by atoms with E-state index in [-0.39, 0.29) is 0 Å². The second-order valence-corrected chi connectivity index (χ2v) is 6.63. The summed E-state index contributed by atoms with van der Waals surface area (Å²) in [4.78, 5) is 9.26. The molecular formula is C22H23N5O3. The molecule has 154 valence electrons. The van der Waals surface area contributed by atoms with Crippen molar-refractivity contribution in [2.24, 2.45) is 5.73 Å². The molecule has 0 amide bonds. The predicted octanol–water partition coefficient (Wildman–Crippen LogP) is 2.74. The van der Waals surface area contributed by atoms with Crippen LogP contribution in [0.5, 0.6) is 17.2 Å². The molecule has 0 spiro atoms. The van der Waals surface area contributed by atoms with Gasteiger partial charge in [0.1, 0.15) is 29.5 Å². The summed E-state index contributed by atoms with van der Waals surface area (Å²) in [5.41, 5.74) is 8.84. The predicted molar refractivity (Wildman–Crippen MR) is 113 cm³/mol. The third kappa shape index (κ3) is 4.18. The van der Waals surface area contributed by atoms with Crippen LogP contribution in [0.3, 0.4) is 0 Å².